The maximum atomic E-state index is 13.8. The van der Waals surface area contributed by atoms with Crippen molar-refractivity contribution in [3.8, 4) is 5.75 Å². The fourth-order valence-electron chi connectivity index (χ4n) is 7.03. The summed E-state index contributed by atoms with van der Waals surface area (Å²) in [6, 6.07) is 4.67. The van der Waals surface area contributed by atoms with Crippen LogP contribution in [-0.2, 0) is 19.2 Å². The number of benzene rings is 1. The molecular weight excluding hydrogens is 480 g/mol. The molecule has 2 aliphatic heterocycles. The zero-order chi connectivity index (χ0) is 26.5. The van der Waals surface area contributed by atoms with Gasteiger partial charge in [-0.05, 0) is 78.0 Å². The van der Waals surface area contributed by atoms with Crippen molar-refractivity contribution in [1.29, 1.82) is 0 Å². The maximum absolute atomic E-state index is 13.8. The van der Waals surface area contributed by atoms with Crippen molar-refractivity contribution in [3.63, 3.8) is 0 Å². The van der Waals surface area contributed by atoms with Crippen molar-refractivity contribution in [2.45, 2.75) is 71.4 Å². The molecule has 6 atom stereocenters. The molecule has 0 radical (unpaired) electrons. The van der Waals surface area contributed by atoms with Crippen LogP contribution in [0.25, 0.3) is 0 Å². The summed E-state index contributed by atoms with van der Waals surface area (Å²) >= 11 is 6.61. The van der Waals surface area contributed by atoms with Gasteiger partial charge >= 0.3 is 0 Å². The van der Waals surface area contributed by atoms with Gasteiger partial charge in [0.1, 0.15) is 5.75 Å². The number of fused-ring (bicyclic) bond motifs is 4. The number of amides is 4. The van der Waals surface area contributed by atoms with Crippen molar-refractivity contribution in [1.82, 2.24) is 9.80 Å². The Bertz CT molecular complexity index is 1220. The van der Waals surface area contributed by atoms with Gasteiger partial charge in [-0.1, -0.05) is 29.3 Å². The number of hydrogen-bond donors (Lipinski definition) is 1. The van der Waals surface area contributed by atoms with Crippen LogP contribution in [0, 0.1) is 29.6 Å². The number of allylic oxidation sites excluding steroid dienone is 2. The molecule has 1 aromatic carbocycles. The van der Waals surface area contributed by atoms with E-state index in [4.69, 9.17) is 11.6 Å². The Kier molecular flexibility index (Phi) is 5.49. The minimum absolute atomic E-state index is 0.00729. The molecule has 0 spiro atoms. The normalized spacial score (nSPS) is 32.5. The summed E-state index contributed by atoms with van der Waals surface area (Å²) < 4.78 is 0. The molecule has 3 fully saturated rings. The molecule has 2 aliphatic carbocycles. The van der Waals surface area contributed by atoms with Crippen LogP contribution in [0.5, 0.6) is 5.75 Å². The summed E-state index contributed by atoms with van der Waals surface area (Å²) in [6.45, 7) is 11.1. The second-order valence-corrected chi connectivity index (χ2v) is 13.0. The highest BCUT2D eigenvalue weighted by molar-refractivity contribution is 6.31. The fraction of sp³-hybridized carbons (Fsp3) is 0.571. The summed E-state index contributed by atoms with van der Waals surface area (Å²) in [7, 11) is 0. The van der Waals surface area contributed by atoms with Crippen molar-refractivity contribution in [3.05, 3.63) is 40.4 Å². The zero-order valence-corrected chi connectivity index (χ0v) is 22.3. The number of nitrogens with zero attached hydrogens (tertiary/aromatic N) is 2. The van der Waals surface area contributed by atoms with E-state index < -0.39 is 40.7 Å². The van der Waals surface area contributed by atoms with Gasteiger partial charge in [-0.2, -0.15) is 0 Å². The Morgan fingerprint density at radius 1 is 0.806 bits per heavy atom. The van der Waals surface area contributed by atoms with Gasteiger partial charge in [0.2, 0.25) is 23.6 Å². The van der Waals surface area contributed by atoms with Crippen molar-refractivity contribution >= 4 is 35.2 Å². The number of imide groups is 2. The molecule has 192 valence electrons. The predicted molar refractivity (Wildman–Crippen MR) is 134 cm³/mol. The lowest BCUT2D eigenvalue weighted by molar-refractivity contribution is -0.147. The van der Waals surface area contributed by atoms with E-state index in [0.717, 1.165) is 5.57 Å². The first-order valence-corrected chi connectivity index (χ1v) is 13.0. The minimum atomic E-state index is -0.695. The van der Waals surface area contributed by atoms with Crippen molar-refractivity contribution < 1.29 is 24.3 Å². The second-order valence-electron chi connectivity index (χ2n) is 12.6. The van der Waals surface area contributed by atoms with E-state index in [0.29, 0.717) is 23.4 Å². The van der Waals surface area contributed by atoms with Gasteiger partial charge in [-0.25, -0.2) is 0 Å². The van der Waals surface area contributed by atoms with Crippen LogP contribution in [0.2, 0.25) is 5.02 Å². The van der Waals surface area contributed by atoms with E-state index in [9.17, 15) is 24.3 Å². The molecule has 1 N–H and O–H groups in total. The number of carbonyl (C=O) groups is 4. The summed E-state index contributed by atoms with van der Waals surface area (Å²) in [5.41, 5.74) is 0.211. The van der Waals surface area contributed by atoms with E-state index in [1.165, 1.54) is 21.9 Å². The predicted octanol–water partition coefficient (Wildman–Crippen LogP) is 4.28. The third kappa shape index (κ3) is 3.46. The van der Waals surface area contributed by atoms with Gasteiger partial charge in [0.05, 0.1) is 23.7 Å². The van der Waals surface area contributed by atoms with E-state index in [-0.39, 0.29) is 35.3 Å². The van der Waals surface area contributed by atoms with Crippen LogP contribution < -0.4 is 0 Å². The van der Waals surface area contributed by atoms with Gasteiger partial charge in [-0.15, -0.1) is 0 Å². The number of halogens is 1. The van der Waals surface area contributed by atoms with Crippen LogP contribution in [0.1, 0.15) is 65.9 Å². The van der Waals surface area contributed by atoms with Crippen LogP contribution in [0.3, 0.4) is 0 Å². The monoisotopic (exact) mass is 512 g/mol. The van der Waals surface area contributed by atoms with E-state index >= 15 is 0 Å². The number of rotatable bonds is 1. The molecule has 1 aromatic rings. The van der Waals surface area contributed by atoms with E-state index in [2.05, 4.69) is 0 Å². The Morgan fingerprint density at radius 3 is 1.92 bits per heavy atom. The molecule has 36 heavy (non-hydrogen) atoms. The maximum Gasteiger partial charge on any atom is 0.234 e. The number of hydrogen-bond acceptors (Lipinski definition) is 5. The molecule has 4 aliphatic rings. The number of aromatic hydroxyl groups is 1. The number of carbonyl (C=O) groups excluding carboxylic acids is 4. The Hall–Kier alpha value is -2.67. The SMILES string of the molecule is CC(C)(C)N1C(=O)C2CC=C3C(CC4C(=O)N(C(C)(C)C)C(=O)C4C3c3ccc(O)cc3Cl)C2C1=O. The van der Waals surface area contributed by atoms with E-state index in [1.807, 2.05) is 47.6 Å². The minimum Gasteiger partial charge on any atom is -0.508 e. The quantitative estimate of drug-likeness (QED) is 0.447. The largest absolute Gasteiger partial charge is 0.508 e. The van der Waals surface area contributed by atoms with Crippen molar-refractivity contribution in [2.24, 2.45) is 29.6 Å². The van der Waals surface area contributed by atoms with Crippen LogP contribution in [0.15, 0.2) is 29.8 Å². The average molecular weight is 513 g/mol. The first-order valence-electron chi connectivity index (χ1n) is 12.6. The third-order valence-corrected chi connectivity index (χ3v) is 8.64. The lowest BCUT2D eigenvalue weighted by Gasteiger charge is -2.44. The molecule has 1 saturated carbocycles. The number of likely N-dealkylation sites (tertiary alicyclic amines) is 2. The summed E-state index contributed by atoms with van der Waals surface area (Å²) in [5, 5.41) is 10.3. The Morgan fingerprint density at radius 2 is 1.36 bits per heavy atom. The molecule has 0 bridgehead atoms. The fourth-order valence-corrected chi connectivity index (χ4v) is 7.32. The Labute approximate surface area is 216 Å². The highest BCUT2D eigenvalue weighted by atomic mass is 35.5. The molecule has 6 unspecified atom stereocenters. The lowest BCUT2D eigenvalue weighted by Crippen LogP contribution is -2.47. The van der Waals surface area contributed by atoms with Gasteiger partial charge in [-0.3, -0.25) is 29.0 Å². The molecule has 4 amide bonds. The Balaban J connectivity index is 1.67. The van der Waals surface area contributed by atoms with Crippen molar-refractivity contribution in [2.75, 3.05) is 0 Å². The smallest absolute Gasteiger partial charge is 0.234 e. The summed E-state index contributed by atoms with van der Waals surface area (Å²) in [5.74, 6) is -3.99. The lowest BCUT2D eigenvalue weighted by atomic mass is 9.57. The molecule has 0 aromatic heterocycles. The topological polar surface area (TPSA) is 95.0 Å². The first-order chi connectivity index (χ1) is 16.6. The molecule has 7 nitrogen and oxygen atoms in total. The van der Waals surface area contributed by atoms with Gasteiger partial charge in [0.15, 0.2) is 0 Å². The van der Waals surface area contributed by atoms with Crippen LogP contribution >= 0.6 is 11.6 Å². The third-order valence-electron chi connectivity index (χ3n) is 8.31. The summed E-state index contributed by atoms with van der Waals surface area (Å²) in [4.78, 5) is 57.3. The average Bonchev–Trinajstić information content (AvgIpc) is 3.16. The van der Waals surface area contributed by atoms with Crippen LogP contribution in [0.4, 0.5) is 0 Å². The zero-order valence-electron chi connectivity index (χ0n) is 21.5. The first kappa shape index (κ1) is 25.0. The molecule has 2 saturated heterocycles. The number of phenols is 1. The second kappa shape index (κ2) is 7.91. The highest BCUT2D eigenvalue weighted by Gasteiger charge is 2.63. The van der Waals surface area contributed by atoms with Gasteiger partial charge in [0.25, 0.3) is 0 Å². The van der Waals surface area contributed by atoms with E-state index in [1.54, 1.807) is 6.07 Å². The van der Waals surface area contributed by atoms with Gasteiger partial charge in [0, 0.05) is 22.0 Å². The molecular formula is C28H33ClN2O5. The highest BCUT2D eigenvalue weighted by Crippen LogP contribution is 2.59. The standard InChI is InChI=1S/C28H33ClN2O5/c1-27(2,3)30-23(33)16-10-9-14-17(21(16)25(30)35)12-18-22(26(36)31(24(18)34)28(4,5)6)20(14)15-8-7-13(32)11-19(15)29/h7-9,11,16-18,20-22,32H,10,12H2,1-6H3. The van der Waals surface area contributed by atoms with Gasteiger partial charge < -0.3 is 5.11 Å². The molecule has 5 rings (SSSR count). The molecule has 8 heteroatoms. The number of phenolic OH excluding ortho intramolecular Hbond substituents is 1. The summed E-state index contributed by atoms with van der Waals surface area (Å²) in [6.07, 6.45) is 2.76. The molecule has 2 heterocycles. The van der Waals surface area contributed by atoms with Crippen LogP contribution in [-0.4, -0.2) is 49.6 Å².